The Morgan fingerprint density at radius 1 is 1.16 bits per heavy atom. The molecule has 0 bridgehead atoms. The molecule has 7 N–H and O–H groups in total. The summed E-state index contributed by atoms with van der Waals surface area (Å²) < 4.78 is 47.3. The van der Waals surface area contributed by atoms with Gasteiger partial charge in [0.05, 0.1) is 16.9 Å². The van der Waals surface area contributed by atoms with Crippen molar-refractivity contribution >= 4 is 35.4 Å². The van der Waals surface area contributed by atoms with Gasteiger partial charge < -0.3 is 32.2 Å². The molecule has 1 aromatic carbocycles. The molecule has 2 heterocycles. The lowest BCUT2D eigenvalue weighted by Gasteiger charge is -2.22. The number of aldehydes is 1. The number of benzene rings is 1. The quantitative estimate of drug-likeness (QED) is 0.123. The topological polar surface area (TPSA) is 187 Å². The minimum absolute atomic E-state index is 0.0161. The van der Waals surface area contributed by atoms with E-state index in [0.29, 0.717) is 51.2 Å². The zero-order valence-corrected chi connectivity index (χ0v) is 20.2. The molecule has 1 fully saturated rings. The van der Waals surface area contributed by atoms with Crippen molar-refractivity contribution in [2.75, 3.05) is 30.3 Å². The smallest absolute Gasteiger partial charge is 0.416 e. The Morgan fingerprint density at radius 2 is 1.89 bits per heavy atom. The fraction of sp³-hybridized carbons (Fsp3) is 0.391. The molecule has 1 unspecified atom stereocenters. The van der Waals surface area contributed by atoms with E-state index in [2.05, 4.69) is 30.9 Å². The van der Waals surface area contributed by atoms with Crippen LogP contribution >= 0.6 is 0 Å². The summed E-state index contributed by atoms with van der Waals surface area (Å²) in [6.07, 6.45) is -2.45. The zero-order chi connectivity index (χ0) is 27.7. The highest BCUT2D eigenvalue weighted by Gasteiger charge is 2.34. The van der Waals surface area contributed by atoms with Crippen molar-refractivity contribution < 1.29 is 32.3 Å². The first-order valence-electron chi connectivity index (χ1n) is 11.6. The summed E-state index contributed by atoms with van der Waals surface area (Å²) in [4.78, 5) is 47.7. The van der Waals surface area contributed by atoms with Crippen LogP contribution in [-0.4, -0.2) is 59.8 Å². The number of ether oxygens (including phenoxy) is 1. The maximum absolute atomic E-state index is 13.8. The summed E-state index contributed by atoms with van der Waals surface area (Å²) in [7, 11) is 0. The molecule has 1 atom stereocenters. The van der Waals surface area contributed by atoms with Crippen LogP contribution in [0.3, 0.4) is 0 Å². The van der Waals surface area contributed by atoms with E-state index in [1.807, 2.05) is 0 Å². The number of alkyl halides is 3. The molecule has 15 heteroatoms. The first kappa shape index (κ1) is 28.3. The van der Waals surface area contributed by atoms with Gasteiger partial charge in [-0.2, -0.15) is 13.2 Å². The number of anilines is 2. The van der Waals surface area contributed by atoms with Crippen molar-refractivity contribution in [1.29, 1.82) is 0 Å². The molecule has 2 amide bonds. The lowest BCUT2D eigenvalue weighted by molar-refractivity contribution is -0.137. The van der Waals surface area contributed by atoms with Crippen molar-refractivity contribution in [2.45, 2.75) is 38.0 Å². The minimum atomic E-state index is -4.80. The van der Waals surface area contributed by atoms with Gasteiger partial charge in [0, 0.05) is 19.5 Å². The van der Waals surface area contributed by atoms with Crippen molar-refractivity contribution in [3.05, 3.63) is 41.5 Å². The Hall–Kier alpha value is -4.27. The number of aliphatic imine (C=N–C) groups is 1. The van der Waals surface area contributed by atoms with Crippen LogP contribution in [0.5, 0.6) is 5.75 Å². The molecule has 3 rings (SSSR count). The summed E-state index contributed by atoms with van der Waals surface area (Å²) >= 11 is 0. The first-order valence-corrected chi connectivity index (χ1v) is 11.6. The third-order valence-corrected chi connectivity index (χ3v) is 5.39. The van der Waals surface area contributed by atoms with Crippen LogP contribution in [-0.2, 0) is 11.0 Å². The molecule has 204 valence electrons. The highest BCUT2D eigenvalue weighted by atomic mass is 19.4. The van der Waals surface area contributed by atoms with Gasteiger partial charge in [-0.15, -0.1) is 0 Å². The molecular weight excluding hydrogens is 509 g/mol. The van der Waals surface area contributed by atoms with Crippen LogP contribution in [0.4, 0.5) is 24.5 Å². The number of hydrogen-bond acceptors (Lipinski definition) is 8. The Labute approximate surface area is 215 Å². The van der Waals surface area contributed by atoms with Gasteiger partial charge in [-0.3, -0.25) is 19.4 Å². The van der Waals surface area contributed by atoms with Gasteiger partial charge >= 0.3 is 6.18 Å². The Morgan fingerprint density at radius 3 is 2.53 bits per heavy atom. The molecular formula is C23H27F3N8O4. The molecule has 1 aliphatic heterocycles. The van der Waals surface area contributed by atoms with Gasteiger partial charge in [0.1, 0.15) is 23.8 Å². The number of hydrogen-bond donors (Lipinski definition) is 5. The largest absolute Gasteiger partial charge is 0.485 e. The predicted molar refractivity (Wildman–Crippen MR) is 132 cm³/mol. The fourth-order valence-electron chi connectivity index (χ4n) is 3.57. The number of unbranched alkanes of at least 4 members (excludes halogenated alkanes) is 1. The van der Waals surface area contributed by atoms with Gasteiger partial charge in [0.2, 0.25) is 5.91 Å². The zero-order valence-electron chi connectivity index (χ0n) is 20.2. The summed E-state index contributed by atoms with van der Waals surface area (Å²) in [5.41, 5.74) is 8.47. The van der Waals surface area contributed by atoms with E-state index in [0.717, 1.165) is 18.5 Å². The van der Waals surface area contributed by atoms with Gasteiger partial charge in [-0.1, -0.05) is 0 Å². The number of carbonyl (C=O) groups is 3. The summed E-state index contributed by atoms with van der Waals surface area (Å²) in [6.45, 7) is 1.34. The van der Waals surface area contributed by atoms with Crippen LogP contribution in [0.15, 0.2) is 29.5 Å². The number of aromatic nitrogens is 2. The molecule has 0 saturated carbocycles. The van der Waals surface area contributed by atoms with Crippen LogP contribution < -0.4 is 32.2 Å². The number of nitrogens with one attached hydrogen (secondary N) is 3. The van der Waals surface area contributed by atoms with Crippen LogP contribution in [0, 0.1) is 0 Å². The summed E-state index contributed by atoms with van der Waals surface area (Å²) in [5, 5.41) is 7.92. The second-order valence-electron chi connectivity index (χ2n) is 8.34. The van der Waals surface area contributed by atoms with Crippen molar-refractivity contribution in [3.8, 4) is 5.75 Å². The van der Waals surface area contributed by atoms with Gasteiger partial charge in [-0.05, 0) is 44.0 Å². The van der Waals surface area contributed by atoms with E-state index < -0.39 is 29.7 Å². The van der Waals surface area contributed by atoms with Gasteiger partial charge in [0.25, 0.3) is 5.91 Å². The van der Waals surface area contributed by atoms with E-state index in [4.69, 9.17) is 16.2 Å². The highest BCUT2D eigenvalue weighted by molar-refractivity contribution is 6.05. The number of nitrogens with zero attached hydrogens (tertiary/aromatic N) is 3. The molecule has 1 aliphatic rings. The predicted octanol–water partition coefficient (Wildman–Crippen LogP) is 1.68. The summed E-state index contributed by atoms with van der Waals surface area (Å²) in [6, 6.07) is 2.55. The number of carbonyl (C=O) groups excluding carboxylic acids is 3. The number of halogens is 3. The number of nitrogens with two attached hydrogens (primary N) is 2. The lowest BCUT2D eigenvalue weighted by Crippen LogP contribution is -2.23. The highest BCUT2D eigenvalue weighted by Crippen LogP contribution is 2.42. The second-order valence-corrected chi connectivity index (χ2v) is 8.34. The van der Waals surface area contributed by atoms with Gasteiger partial charge in [-0.25, -0.2) is 9.97 Å². The third kappa shape index (κ3) is 8.12. The number of rotatable bonds is 11. The molecule has 1 aromatic heterocycles. The average Bonchev–Trinajstić information content (AvgIpc) is 3.38. The average molecular weight is 537 g/mol. The first-order chi connectivity index (χ1) is 18.1. The minimum Gasteiger partial charge on any atom is -0.485 e. The molecule has 2 aromatic rings. The van der Waals surface area contributed by atoms with Crippen molar-refractivity contribution in [1.82, 2.24) is 15.3 Å². The Kier molecular flexibility index (Phi) is 9.54. The van der Waals surface area contributed by atoms with Crippen LogP contribution in [0.2, 0.25) is 0 Å². The molecule has 38 heavy (non-hydrogen) atoms. The number of guanidine groups is 1. The summed E-state index contributed by atoms with van der Waals surface area (Å²) in [5.74, 6) is -1.69. The van der Waals surface area contributed by atoms with Crippen molar-refractivity contribution in [3.63, 3.8) is 0 Å². The molecule has 12 nitrogen and oxygen atoms in total. The lowest BCUT2D eigenvalue weighted by atomic mass is 10.1. The van der Waals surface area contributed by atoms with E-state index in [9.17, 15) is 27.6 Å². The monoisotopic (exact) mass is 536 g/mol. The SMILES string of the molecule is NC(N)=NCCCCC(=O)Nc1cc(C(F)(F)F)cc(NC(=O)c2cc(C=O)ncn2)c1OC1CCNC1. The number of amides is 2. The fourth-order valence-corrected chi connectivity index (χ4v) is 3.57. The molecule has 0 aliphatic carbocycles. The van der Waals surface area contributed by atoms with E-state index in [1.54, 1.807) is 0 Å². The normalized spacial score (nSPS) is 15.0. The van der Waals surface area contributed by atoms with Gasteiger partial charge in [0.15, 0.2) is 18.0 Å². The van der Waals surface area contributed by atoms with E-state index in [-0.39, 0.29) is 40.9 Å². The Bertz CT molecular complexity index is 1200. The Balaban J connectivity index is 1.93. The van der Waals surface area contributed by atoms with Crippen LogP contribution in [0.1, 0.15) is 52.2 Å². The second kappa shape index (κ2) is 12.8. The third-order valence-electron chi connectivity index (χ3n) is 5.39. The van der Waals surface area contributed by atoms with E-state index >= 15 is 0 Å². The molecule has 0 spiro atoms. The standard InChI is InChI=1S/C23H27F3N8O4/c24-23(25,26)13-7-16(33-19(36)3-1-2-5-30-22(27)28)20(38-15-4-6-29-10-15)17(8-13)34-21(37)18-9-14(11-35)31-12-32-18/h7-9,11-12,15,29H,1-6,10H2,(H,33,36)(H,34,37)(H4,27,28,30). The molecule has 0 radical (unpaired) electrons. The van der Waals surface area contributed by atoms with Crippen LogP contribution in [0.25, 0.3) is 0 Å². The maximum atomic E-state index is 13.8. The maximum Gasteiger partial charge on any atom is 0.416 e. The van der Waals surface area contributed by atoms with E-state index in [1.165, 1.54) is 0 Å². The van der Waals surface area contributed by atoms with Crippen molar-refractivity contribution in [2.24, 2.45) is 16.5 Å². The molecule has 1 saturated heterocycles.